The molecule has 0 fully saturated rings. The molecule has 0 atom stereocenters. The molecule has 0 amide bonds. The molecule has 1 heterocycles. The van der Waals surface area contributed by atoms with E-state index in [1.165, 1.54) is 17.7 Å². The van der Waals surface area contributed by atoms with Gasteiger partial charge in [-0.2, -0.15) is 4.58 Å². The first-order chi connectivity index (χ1) is 9.28. The Hall–Kier alpha value is -1.68. The van der Waals surface area contributed by atoms with Crippen LogP contribution >= 0.6 is 0 Å². The Kier molecular flexibility index (Phi) is 4.55. The summed E-state index contributed by atoms with van der Waals surface area (Å²) in [4.78, 5) is 0. The Bertz CT molecular complexity index is 637. The average molecular weight is 336 g/mol. The summed E-state index contributed by atoms with van der Waals surface area (Å²) in [5, 5.41) is 0. The first-order valence-electron chi connectivity index (χ1n) is 6.31. The van der Waals surface area contributed by atoms with Crippen molar-refractivity contribution in [2.45, 2.75) is 6.42 Å². The fraction of sp³-hybridized carbons (Fsp3) is 0.188. The van der Waals surface area contributed by atoms with E-state index < -0.39 is 0 Å². The van der Waals surface area contributed by atoms with Crippen molar-refractivity contribution >= 4 is 11.9 Å². The molecule has 0 aromatic heterocycles. The van der Waals surface area contributed by atoms with Crippen molar-refractivity contribution in [2.75, 3.05) is 13.7 Å². The third-order valence-electron chi connectivity index (χ3n) is 3.44. The molecular formula is C16H15BrFNO. The second-order valence-electron chi connectivity index (χ2n) is 4.58. The van der Waals surface area contributed by atoms with Gasteiger partial charge in [0, 0.05) is 18.6 Å². The molecule has 104 valence electrons. The number of hydrogen-bond donors (Lipinski definition) is 0. The zero-order valence-corrected chi connectivity index (χ0v) is 12.7. The first kappa shape index (κ1) is 14.7. The summed E-state index contributed by atoms with van der Waals surface area (Å²) < 4.78 is 20.5. The maximum atomic E-state index is 13.0. The Morgan fingerprint density at radius 3 is 2.55 bits per heavy atom. The molecule has 2 aromatic carbocycles. The molecule has 1 aliphatic heterocycles. The van der Waals surface area contributed by atoms with E-state index in [1.54, 1.807) is 19.2 Å². The molecule has 0 aliphatic carbocycles. The van der Waals surface area contributed by atoms with Crippen LogP contribution in [-0.2, 0) is 6.42 Å². The quantitative estimate of drug-likeness (QED) is 0.712. The molecule has 0 saturated carbocycles. The van der Waals surface area contributed by atoms with E-state index in [9.17, 15) is 4.39 Å². The highest BCUT2D eigenvalue weighted by atomic mass is 79.9. The highest BCUT2D eigenvalue weighted by Gasteiger charge is 2.20. The molecule has 0 unspecified atom stereocenters. The zero-order chi connectivity index (χ0) is 13.2. The van der Waals surface area contributed by atoms with Crippen LogP contribution in [0.1, 0.15) is 11.1 Å². The minimum absolute atomic E-state index is 0. The molecule has 20 heavy (non-hydrogen) atoms. The minimum atomic E-state index is -0.209. The maximum Gasteiger partial charge on any atom is 0.205 e. The van der Waals surface area contributed by atoms with Gasteiger partial charge in [0.15, 0.2) is 12.8 Å². The predicted octanol–water partition coefficient (Wildman–Crippen LogP) is 0.157. The van der Waals surface area contributed by atoms with Crippen LogP contribution in [0.5, 0.6) is 5.75 Å². The van der Waals surface area contributed by atoms with Gasteiger partial charge < -0.3 is 21.7 Å². The normalized spacial score (nSPS) is 13.0. The van der Waals surface area contributed by atoms with Gasteiger partial charge in [-0.25, -0.2) is 4.39 Å². The van der Waals surface area contributed by atoms with E-state index >= 15 is 0 Å². The van der Waals surface area contributed by atoms with Crippen molar-refractivity contribution in [3.63, 3.8) is 0 Å². The topological polar surface area (TPSA) is 12.2 Å². The van der Waals surface area contributed by atoms with E-state index in [1.807, 2.05) is 12.1 Å². The monoisotopic (exact) mass is 335 g/mol. The van der Waals surface area contributed by atoms with Gasteiger partial charge in [-0.1, -0.05) is 12.1 Å². The number of benzene rings is 2. The smallest absolute Gasteiger partial charge is 0.205 e. The van der Waals surface area contributed by atoms with Crippen molar-refractivity contribution in [3.8, 4) is 5.75 Å². The van der Waals surface area contributed by atoms with Gasteiger partial charge in [-0.15, -0.1) is 0 Å². The molecule has 0 N–H and O–H groups in total. The van der Waals surface area contributed by atoms with E-state index in [-0.39, 0.29) is 22.8 Å². The van der Waals surface area contributed by atoms with Crippen molar-refractivity contribution in [1.29, 1.82) is 0 Å². The lowest BCUT2D eigenvalue weighted by Crippen LogP contribution is -3.00. The summed E-state index contributed by atoms with van der Waals surface area (Å²) in [6.07, 6.45) is 3.03. The summed E-state index contributed by atoms with van der Waals surface area (Å²) in [6.45, 7) is 0.895. The molecule has 4 heteroatoms. The largest absolute Gasteiger partial charge is 1.00 e. The Balaban J connectivity index is 0.00000147. The van der Waals surface area contributed by atoms with E-state index in [0.717, 1.165) is 30.0 Å². The molecule has 1 aliphatic rings. The summed E-state index contributed by atoms with van der Waals surface area (Å²) >= 11 is 0. The zero-order valence-electron chi connectivity index (χ0n) is 11.1. The molecule has 0 bridgehead atoms. The maximum absolute atomic E-state index is 13.0. The number of fused-ring (bicyclic) bond motifs is 1. The van der Waals surface area contributed by atoms with Crippen LogP contribution in [0.25, 0.3) is 0 Å². The summed E-state index contributed by atoms with van der Waals surface area (Å²) in [5.41, 5.74) is 3.40. The number of ether oxygens (including phenoxy) is 1. The van der Waals surface area contributed by atoms with Gasteiger partial charge in [0.1, 0.15) is 11.6 Å². The number of hydrogen-bond acceptors (Lipinski definition) is 1. The van der Waals surface area contributed by atoms with Crippen molar-refractivity contribution in [3.05, 3.63) is 59.4 Å². The summed E-state index contributed by atoms with van der Waals surface area (Å²) in [6, 6.07) is 12.7. The molecule has 2 aromatic rings. The Morgan fingerprint density at radius 2 is 1.85 bits per heavy atom. The highest BCUT2D eigenvalue weighted by molar-refractivity contribution is 5.83. The van der Waals surface area contributed by atoms with Gasteiger partial charge >= 0.3 is 0 Å². The number of methoxy groups -OCH3 is 1. The van der Waals surface area contributed by atoms with Crippen molar-refractivity contribution < 1.29 is 30.7 Å². The van der Waals surface area contributed by atoms with Gasteiger partial charge in [0.2, 0.25) is 5.69 Å². The van der Waals surface area contributed by atoms with Gasteiger partial charge in [-0.3, -0.25) is 0 Å². The van der Waals surface area contributed by atoms with Gasteiger partial charge in [-0.05, 0) is 23.8 Å². The standard InChI is InChI=1S/C16H15FNO.BrH/c1-19-16-4-2-3-12-9-10-18(11-15(12)16)14-7-5-13(17)6-8-14;/h2-8,11H,9-10H2,1H3;1H/q+1;/p-1. The van der Waals surface area contributed by atoms with Crippen LogP contribution in [0.4, 0.5) is 10.1 Å². The molecule has 0 saturated heterocycles. The minimum Gasteiger partial charge on any atom is -1.00 e. The average Bonchev–Trinajstić information content (AvgIpc) is 2.47. The first-order valence-corrected chi connectivity index (χ1v) is 6.31. The third kappa shape index (κ3) is 2.75. The van der Waals surface area contributed by atoms with Gasteiger partial charge in [0.25, 0.3) is 0 Å². The third-order valence-corrected chi connectivity index (χ3v) is 3.44. The van der Waals surface area contributed by atoms with E-state index in [4.69, 9.17) is 4.74 Å². The molecular weight excluding hydrogens is 321 g/mol. The van der Waals surface area contributed by atoms with Crippen LogP contribution in [0.3, 0.4) is 0 Å². The fourth-order valence-corrected chi connectivity index (χ4v) is 2.43. The molecule has 0 spiro atoms. The lowest BCUT2D eigenvalue weighted by Gasteiger charge is -2.14. The van der Waals surface area contributed by atoms with Gasteiger partial charge in [0.05, 0.1) is 12.7 Å². The summed E-state index contributed by atoms with van der Waals surface area (Å²) in [7, 11) is 1.68. The van der Waals surface area contributed by atoms with E-state index in [2.05, 4.69) is 16.9 Å². The number of rotatable bonds is 2. The number of nitrogens with zero attached hydrogens (tertiary/aromatic N) is 1. The van der Waals surface area contributed by atoms with E-state index in [0.29, 0.717) is 0 Å². The highest BCUT2D eigenvalue weighted by Crippen LogP contribution is 2.25. The second kappa shape index (κ2) is 6.18. The molecule has 0 radical (unpaired) electrons. The van der Waals surface area contributed by atoms with Crippen LogP contribution in [-0.4, -0.2) is 24.4 Å². The number of halogens is 2. The predicted molar refractivity (Wildman–Crippen MR) is 73.1 cm³/mol. The molecule has 3 rings (SSSR count). The summed E-state index contributed by atoms with van der Waals surface area (Å²) in [5.74, 6) is 0.669. The van der Waals surface area contributed by atoms with Crippen LogP contribution in [0.2, 0.25) is 0 Å². The Labute approximate surface area is 128 Å². The van der Waals surface area contributed by atoms with Crippen LogP contribution in [0.15, 0.2) is 42.5 Å². The molecule has 2 nitrogen and oxygen atoms in total. The van der Waals surface area contributed by atoms with Crippen molar-refractivity contribution in [1.82, 2.24) is 0 Å². The SMILES string of the molecule is COc1cccc2c1C=[N+](c1ccc(F)cc1)CC2.[Br-]. The lowest BCUT2D eigenvalue weighted by molar-refractivity contribution is -0.436. The second-order valence-corrected chi connectivity index (χ2v) is 4.58. The lowest BCUT2D eigenvalue weighted by atomic mass is 10.0. The van der Waals surface area contributed by atoms with Crippen molar-refractivity contribution in [2.24, 2.45) is 0 Å². The fourth-order valence-electron chi connectivity index (χ4n) is 2.43. The van der Waals surface area contributed by atoms with Crippen LogP contribution < -0.4 is 21.7 Å². The Morgan fingerprint density at radius 1 is 1.10 bits per heavy atom. The van der Waals surface area contributed by atoms with Crippen LogP contribution in [0, 0.1) is 5.82 Å².